The Kier molecular flexibility index (Phi) is 10.2. The van der Waals surface area contributed by atoms with Crippen molar-refractivity contribution in [2.45, 2.75) is 79.1 Å². The first kappa shape index (κ1) is 25.0. The van der Waals surface area contributed by atoms with E-state index in [9.17, 15) is 19.8 Å². The molecular formula is C24H38O5. The van der Waals surface area contributed by atoms with E-state index in [1.165, 1.54) is 0 Å². The molecule has 2 N–H and O–H groups in total. The Balaban J connectivity index is 3.50. The maximum absolute atomic E-state index is 12.2. The Hall–Kier alpha value is -2.04. The third-order valence-electron chi connectivity index (χ3n) is 5.06. The molecule has 0 heterocycles. The second-order valence-electron chi connectivity index (χ2n) is 9.19. The number of hydrogen-bond donors (Lipinski definition) is 2. The average molecular weight is 407 g/mol. The Labute approximate surface area is 175 Å². The number of rotatable bonds is 13. The van der Waals surface area contributed by atoms with Crippen molar-refractivity contribution in [2.24, 2.45) is 17.8 Å². The van der Waals surface area contributed by atoms with Crippen LogP contribution in [0.3, 0.4) is 0 Å². The van der Waals surface area contributed by atoms with Crippen LogP contribution in [0.5, 0.6) is 5.75 Å². The number of carboxylic acids is 2. The van der Waals surface area contributed by atoms with E-state index in [2.05, 4.69) is 27.7 Å². The minimum atomic E-state index is -0.930. The highest BCUT2D eigenvalue weighted by Gasteiger charge is 2.32. The second kappa shape index (κ2) is 11.8. The van der Waals surface area contributed by atoms with E-state index >= 15 is 0 Å². The molecule has 0 aromatic heterocycles. The molecule has 0 aliphatic heterocycles. The Morgan fingerprint density at radius 2 is 1.31 bits per heavy atom. The predicted octanol–water partition coefficient (Wildman–Crippen LogP) is 5.93. The number of carboxylic acid groups (broad SMARTS) is 2. The summed E-state index contributed by atoms with van der Waals surface area (Å²) in [5, 5.41) is 19.9. The van der Waals surface area contributed by atoms with E-state index in [1.54, 1.807) is 18.2 Å². The first-order chi connectivity index (χ1) is 13.5. The number of ether oxygens (including phenoxy) is 1. The van der Waals surface area contributed by atoms with Gasteiger partial charge in [-0.25, -0.2) is 0 Å². The fourth-order valence-corrected chi connectivity index (χ4v) is 3.42. The summed E-state index contributed by atoms with van der Waals surface area (Å²) in [6.07, 6.45) is 2.44. The zero-order valence-corrected chi connectivity index (χ0v) is 18.8. The molecule has 1 rings (SSSR count). The van der Waals surface area contributed by atoms with E-state index in [0.29, 0.717) is 48.2 Å². The Bertz CT molecular complexity index is 663. The molecule has 2 unspecified atom stereocenters. The van der Waals surface area contributed by atoms with Crippen LogP contribution in [0.1, 0.15) is 90.2 Å². The molecule has 1 aromatic carbocycles. The first-order valence-corrected chi connectivity index (χ1v) is 10.8. The van der Waals surface area contributed by atoms with Crippen molar-refractivity contribution < 1.29 is 24.5 Å². The predicted molar refractivity (Wildman–Crippen MR) is 116 cm³/mol. The van der Waals surface area contributed by atoms with Gasteiger partial charge in [0.1, 0.15) is 5.75 Å². The summed E-state index contributed by atoms with van der Waals surface area (Å²) in [6, 6.07) is 5.32. The fourth-order valence-electron chi connectivity index (χ4n) is 3.42. The summed E-state index contributed by atoms with van der Waals surface area (Å²) in [7, 11) is 0. The van der Waals surface area contributed by atoms with Gasteiger partial charge in [-0.2, -0.15) is 0 Å². The molecule has 0 saturated heterocycles. The van der Waals surface area contributed by atoms with Crippen LogP contribution in [-0.4, -0.2) is 28.8 Å². The molecule has 0 amide bonds. The maximum Gasteiger partial charge on any atom is 0.311 e. The molecule has 0 saturated carbocycles. The van der Waals surface area contributed by atoms with Crippen LogP contribution in [0.4, 0.5) is 0 Å². The third kappa shape index (κ3) is 8.08. The van der Waals surface area contributed by atoms with Crippen molar-refractivity contribution in [3.8, 4) is 5.75 Å². The minimum Gasteiger partial charge on any atom is -0.493 e. The average Bonchev–Trinajstić information content (AvgIpc) is 2.60. The highest BCUT2D eigenvalue weighted by molar-refractivity contribution is 5.82. The van der Waals surface area contributed by atoms with Crippen LogP contribution in [0.25, 0.3) is 0 Å². The standard InChI is InChI=1S/C24H38O5/c1-15(2)10-12-19(23(25)26)18-8-7-9-21(29-14-17(5)6)22(18)20(24(27)28)13-11-16(3)4/h7-9,15-17,19-20H,10-14H2,1-6H3,(H,25,26)(H,27,28). The summed E-state index contributed by atoms with van der Waals surface area (Å²) in [4.78, 5) is 24.3. The van der Waals surface area contributed by atoms with Crippen molar-refractivity contribution in [1.29, 1.82) is 0 Å². The normalized spacial score (nSPS) is 13.7. The Morgan fingerprint density at radius 1 is 0.793 bits per heavy atom. The summed E-state index contributed by atoms with van der Waals surface area (Å²) in [6.45, 7) is 12.7. The van der Waals surface area contributed by atoms with Gasteiger partial charge in [0.25, 0.3) is 0 Å². The molecule has 5 nitrogen and oxygen atoms in total. The van der Waals surface area contributed by atoms with Crippen LogP contribution < -0.4 is 4.74 Å². The molecule has 164 valence electrons. The van der Waals surface area contributed by atoms with Gasteiger partial charge in [-0.1, -0.05) is 53.7 Å². The number of aliphatic carboxylic acids is 2. The summed E-state index contributed by atoms with van der Waals surface area (Å²) in [5.74, 6) is -1.85. The van der Waals surface area contributed by atoms with Crippen molar-refractivity contribution in [3.63, 3.8) is 0 Å². The van der Waals surface area contributed by atoms with Crippen molar-refractivity contribution in [1.82, 2.24) is 0 Å². The zero-order chi connectivity index (χ0) is 22.1. The lowest BCUT2D eigenvalue weighted by Crippen LogP contribution is -2.21. The summed E-state index contributed by atoms with van der Waals surface area (Å²) < 4.78 is 5.98. The smallest absolute Gasteiger partial charge is 0.311 e. The maximum atomic E-state index is 12.2. The fraction of sp³-hybridized carbons (Fsp3) is 0.667. The van der Waals surface area contributed by atoms with Gasteiger partial charge in [0.15, 0.2) is 0 Å². The SMILES string of the molecule is CC(C)CCC(C(=O)O)c1cccc(OCC(C)C)c1C(CCC(C)C)C(=O)O. The van der Waals surface area contributed by atoms with Gasteiger partial charge in [0, 0.05) is 5.56 Å². The molecular weight excluding hydrogens is 368 g/mol. The molecule has 0 spiro atoms. The highest BCUT2D eigenvalue weighted by Crippen LogP contribution is 2.39. The topological polar surface area (TPSA) is 83.8 Å². The van der Waals surface area contributed by atoms with Gasteiger partial charge in [0.05, 0.1) is 18.4 Å². The van der Waals surface area contributed by atoms with Crippen LogP contribution in [0, 0.1) is 17.8 Å². The van der Waals surface area contributed by atoms with Gasteiger partial charge < -0.3 is 14.9 Å². The quantitative estimate of drug-likeness (QED) is 0.424. The monoisotopic (exact) mass is 406 g/mol. The van der Waals surface area contributed by atoms with Crippen LogP contribution in [0.2, 0.25) is 0 Å². The largest absolute Gasteiger partial charge is 0.493 e. The minimum absolute atomic E-state index is 0.279. The van der Waals surface area contributed by atoms with Gasteiger partial charge in [-0.15, -0.1) is 0 Å². The zero-order valence-electron chi connectivity index (χ0n) is 18.8. The molecule has 1 aromatic rings. The molecule has 29 heavy (non-hydrogen) atoms. The summed E-state index contributed by atoms with van der Waals surface area (Å²) >= 11 is 0. The van der Waals surface area contributed by atoms with Gasteiger partial charge in [-0.05, 0) is 55.1 Å². The molecule has 0 aliphatic rings. The molecule has 2 atom stereocenters. The van der Waals surface area contributed by atoms with Crippen LogP contribution >= 0.6 is 0 Å². The van der Waals surface area contributed by atoms with Gasteiger partial charge >= 0.3 is 11.9 Å². The second-order valence-corrected chi connectivity index (χ2v) is 9.19. The lowest BCUT2D eigenvalue weighted by atomic mass is 9.81. The molecule has 5 heteroatoms. The lowest BCUT2D eigenvalue weighted by Gasteiger charge is -2.25. The number of hydrogen-bond acceptors (Lipinski definition) is 3. The third-order valence-corrected chi connectivity index (χ3v) is 5.06. The lowest BCUT2D eigenvalue weighted by molar-refractivity contribution is -0.140. The molecule has 0 fully saturated rings. The first-order valence-electron chi connectivity index (χ1n) is 10.8. The Morgan fingerprint density at radius 3 is 1.76 bits per heavy atom. The summed E-state index contributed by atoms with van der Waals surface area (Å²) in [5.41, 5.74) is 1.12. The van der Waals surface area contributed by atoms with E-state index in [4.69, 9.17) is 4.74 Å². The van der Waals surface area contributed by atoms with Crippen molar-refractivity contribution in [2.75, 3.05) is 6.61 Å². The van der Waals surface area contributed by atoms with Crippen molar-refractivity contribution in [3.05, 3.63) is 29.3 Å². The molecule has 0 radical (unpaired) electrons. The van der Waals surface area contributed by atoms with E-state index in [0.717, 1.165) is 12.8 Å². The van der Waals surface area contributed by atoms with E-state index in [1.807, 2.05) is 13.8 Å². The van der Waals surface area contributed by atoms with E-state index in [-0.39, 0.29) is 5.92 Å². The molecule has 0 bridgehead atoms. The van der Waals surface area contributed by atoms with Crippen molar-refractivity contribution >= 4 is 11.9 Å². The van der Waals surface area contributed by atoms with Crippen LogP contribution in [0.15, 0.2) is 18.2 Å². The van der Waals surface area contributed by atoms with Gasteiger partial charge in [0.2, 0.25) is 0 Å². The van der Waals surface area contributed by atoms with E-state index < -0.39 is 23.8 Å². The number of benzene rings is 1. The van der Waals surface area contributed by atoms with Gasteiger partial charge in [-0.3, -0.25) is 9.59 Å². The number of carbonyl (C=O) groups is 2. The highest BCUT2D eigenvalue weighted by atomic mass is 16.5. The van der Waals surface area contributed by atoms with Crippen LogP contribution in [-0.2, 0) is 9.59 Å². The molecule has 0 aliphatic carbocycles.